The van der Waals surface area contributed by atoms with Gasteiger partial charge in [-0.2, -0.15) is 0 Å². The third-order valence-corrected chi connectivity index (χ3v) is 5.38. The lowest BCUT2D eigenvalue weighted by Crippen LogP contribution is -2.40. The first-order valence-corrected chi connectivity index (χ1v) is 12.0. The Morgan fingerprint density at radius 1 is 0.621 bits per heavy atom. The zero-order valence-electron chi connectivity index (χ0n) is 19.4. The molecular weight excluding hydrogens is 364 g/mol. The molecule has 0 atom stereocenters. The molecule has 0 aliphatic heterocycles. The van der Waals surface area contributed by atoms with Crippen LogP contribution in [-0.2, 0) is 9.59 Å². The van der Waals surface area contributed by atoms with Gasteiger partial charge in [0.15, 0.2) is 0 Å². The Kier molecular flexibility index (Phi) is 20.7. The highest BCUT2D eigenvalue weighted by Gasteiger charge is 2.07. The number of unbranched alkanes of at least 4 members (excludes halogenated alkanes) is 11. The van der Waals surface area contributed by atoms with Crippen LogP contribution in [0.5, 0.6) is 0 Å². The largest absolute Gasteiger partial charge is 0.356 e. The number of hydrogen-bond acceptors (Lipinski definition) is 4. The fourth-order valence-corrected chi connectivity index (χ4v) is 3.39. The minimum absolute atomic E-state index is 0.0217. The van der Waals surface area contributed by atoms with E-state index in [1.54, 1.807) is 0 Å². The molecular formula is C23H48N4O2. The van der Waals surface area contributed by atoms with Crippen LogP contribution in [0.1, 0.15) is 103 Å². The molecule has 0 saturated heterocycles. The summed E-state index contributed by atoms with van der Waals surface area (Å²) in [5, 5.41) is 12.0. The van der Waals surface area contributed by atoms with Gasteiger partial charge in [-0.1, -0.05) is 77.6 Å². The van der Waals surface area contributed by atoms with Crippen LogP contribution in [0.3, 0.4) is 0 Å². The monoisotopic (exact) mass is 412 g/mol. The van der Waals surface area contributed by atoms with Gasteiger partial charge in [-0.25, -0.2) is 0 Å². The number of carbonyl (C=O) groups is 2. The van der Waals surface area contributed by atoms with Crippen LogP contribution in [0.15, 0.2) is 0 Å². The van der Waals surface area contributed by atoms with Crippen molar-refractivity contribution in [2.45, 2.75) is 109 Å². The summed E-state index contributed by atoms with van der Waals surface area (Å²) in [5.41, 5.74) is 0. The number of rotatable bonds is 21. The van der Waals surface area contributed by atoms with Gasteiger partial charge in [0.1, 0.15) is 0 Å². The summed E-state index contributed by atoms with van der Waals surface area (Å²) in [7, 11) is 3.76. The molecule has 0 aliphatic rings. The van der Waals surface area contributed by atoms with E-state index in [9.17, 15) is 9.59 Å². The van der Waals surface area contributed by atoms with Crippen LogP contribution in [-0.4, -0.2) is 45.2 Å². The van der Waals surface area contributed by atoms with E-state index in [-0.39, 0.29) is 30.8 Å². The summed E-state index contributed by atoms with van der Waals surface area (Å²) < 4.78 is 0. The van der Waals surface area contributed by atoms with Crippen molar-refractivity contribution in [3.05, 3.63) is 0 Å². The van der Waals surface area contributed by atoms with E-state index in [0.29, 0.717) is 6.54 Å². The second kappa shape index (κ2) is 21.6. The van der Waals surface area contributed by atoms with E-state index in [0.717, 1.165) is 19.4 Å². The predicted molar refractivity (Wildman–Crippen MR) is 123 cm³/mol. The van der Waals surface area contributed by atoms with E-state index in [2.05, 4.69) is 28.2 Å². The minimum Gasteiger partial charge on any atom is -0.356 e. The van der Waals surface area contributed by atoms with Crippen molar-refractivity contribution < 1.29 is 9.59 Å². The van der Waals surface area contributed by atoms with Gasteiger partial charge in [0, 0.05) is 25.9 Å². The molecule has 0 aromatic heterocycles. The average Bonchev–Trinajstić information content (AvgIpc) is 2.73. The lowest BCUT2D eigenvalue weighted by molar-refractivity contribution is -0.126. The van der Waals surface area contributed by atoms with Crippen molar-refractivity contribution in [1.29, 1.82) is 0 Å². The van der Waals surface area contributed by atoms with Crippen molar-refractivity contribution in [3.8, 4) is 0 Å². The van der Waals surface area contributed by atoms with E-state index < -0.39 is 0 Å². The van der Waals surface area contributed by atoms with Gasteiger partial charge in [-0.3, -0.25) is 9.59 Å². The van der Waals surface area contributed by atoms with Crippen molar-refractivity contribution in [3.63, 3.8) is 0 Å². The topological polar surface area (TPSA) is 82.3 Å². The molecule has 0 aromatic rings. The Balaban J connectivity index is 3.36. The highest BCUT2D eigenvalue weighted by atomic mass is 16.2. The smallest absolute Gasteiger partial charge is 0.220 e. The summed E-state index contributed by atoms with van der Waals surface area (Å²) in [6.07, 6.45) is 17.3. The maximum absolute atomic E-state index is 11.8. The molecule has 0 spiro atoms. The zero-order chi connectivity index (χ0) is 21.6. The molecule has 0 radical (unpaired) electrons. The molecule has 0 aliphatic carbocycles. The van der Waals surface area contributed by atoms with Gasteiger partial charge in [-0.15, -0.1) is 0 Å². The van der Waals surface area contributed by atoms with Crippen LogP contribution in [0.25, 0.3) is 0 Å². The molecule has 0 aromatic carbocycles. The van der Waals surface area contributed by atoms with Crippen LogP contribution in [0, 0.1) is 0 Å². The Morgan fingerprint density at radius 2 is 1.03 bits per heavy atom. The molecule has 0 rings (SSSR count). The van der Waals surface area contributed by atoms with Crippen LogP contribution in [0.4, 0.5) is 0 Å². The number of carbonyl (C=O) groups excluding carboxylic acids is 2. The van der Waals surface area contributed by atoms with Gasteiger partial charge in [0.25, 0.3) is 0 Å². The third kappa shape index (κ3) is 19.9. The van der Waals surface area contributed by atoms with Gasteiger partial charge in [0.05, 0.1) is 6.17 Å². The summed E-state index contributed by atoms with van der Waals surface area (Å²) in [6, 6.07) is 0. The molecule has 0 unspecified atom stereocenters. The highest BCUT2D eigenvalue weighted by Crippen LogP contribution is 2.11. The van der Waals surface area contributed by atoms with Crippen molar-refractivity contribution in [2.24, 2.45) is 0 Å². The Morgan fingerprint density at radius 3 is 1.48 bits per heavy atom. The van der Waals surface area contributed by atoms with Gasteiger partial charge < -0.3 is 21.3 Å². The first-order chi connectivity index (χ1) is 14.1. The molecule has 0 bridgehead atoms. The summed E-state index contributed by atoms with van der Waals surface area (Å²) >= 11 is 0. The van der Waals surface area contributed by atoms with Crippen molar-refractivity contribution in [2.75, 3.05) is 27.2 Å². The lowest BCUT2D eigenvalue weighted by Gasteiger charge is -2.15. The zero-order valence-corrected chi connectivity index (χ0v) is 19.4. The van der Waals surface area contributed by atoms with E-state index in [1.807, 2.05) is 14.1 Å². The molecule has 4 N–H and O–H groups in total. The molecule has 0 fully saturated rings. The molecule has 172 valence electrons. The molecule has 6 nitrogen and oxygen atoms in total. The van der Waals surface area contributed by atoms with E-state index in [4.69, 9.17) is 0 Å². The fourth-order valence-electron chi connectivity index (χ4n) is 3.39. The van der Waals surface area contributed by atoms with Gasteiger partial charge in [0.2, 0.25) is 11.8 Å². The van der Waals surface area contributed by atoms with E-state index in [1.165, 1.54) is 70.6 Å². The second-order valence-electron chi connectivity index (χ2n) is 8.01. The molecule has 0 heterocycles. The first kappa shape index (κ1) is 27.9. The molecule has 0 saturated carbocycles. The normalized spacial score (nSPS) is 11.0. The predicted octanol–water partition coefficient (Wildman–Crippen LogP) is 3.86. The van der Waals surface area contributed by atoms with Crippen LogP contribution in [0.2, 0.25) is 0 Å². The van der Waals surface area contributed by atoms with Crippen LogP contribution >= 0.6 is 0 Å². The molecule has 29 heavy (non-hydrogen) atoms. The van der Waals surface area contributed by atoms with Crippen molar-refractivity contribution in [1.82, 2.24) is 21.3 Å². The van der Waals surface area contributed by atoms with Gasteiger partial charge >= 0.3 is 0 Å². The standard InChI is InChI=1S/C23H48N4O2/c1-4-5-6-7-8-9-10-11-12-13-14-15-19-26-22(28)16-17-23(29)27-20-18-21(24-2)25-3/h21,24-25H,4-20H2,1-3H3,(H,26,28)(H,27,29). The second-order valence-corrected chi connectivity index (χ2v) is 8.01. The Labute approximate surface area is 179 Å². The molecule has 6 heteroatoms. The summed E-state index contributed by atoms with van der Waals surface area (Å²) in [6.45, 7) is 3.59. The number of amides is 2. The van der Waals surface area contributed by atoms with Gasteiger partial charge in [-0.05, 0) is 26.9 Å². The fraction of sp³-hybridized carbons (Fsp3) is 0.913. The van der Waals surface area contributed by atoms with E-state index >= 15 is 0 Å². The van der Waals surface area contributed by atoms with Crippen LogP contribution < -0.4 is 21.3 Å². The number of nitrogens with one attached hydrogen (secondary N) is 4. The number of hydrogen-bond donors (Lipinski definition) is 4. The Bertz CT molecular complexity index is 387. The first-order valence-electron chi connectivity index (χ1n) is 12.0. The molecule has 2 amide bonds. The Hall–Kier alpha value is -1.14. The SMILES string of the molecule is CCCCCCCCCCCCCCNC(=O)CCC(=O)NCCC(NC)NC. The maximum Gasteiger partial charge on any atom is 0.220 e. The summed E-state index contributed by atoms with van der Waals surface area (Å²) in [4.78, 5) is 23.6. The van der Waals surface area contributed by atoms with Crippen molar-refractivity contribution >= 4 is 11.8 Å². The maximum atomic E-state index is 11.8. The lowest BCUT2D eigenvalue weighted by atomic mass is 10.1. The third-order valence-electron chi connectivity index (χ3n) is 5.38. The quantitative estimate of drug-likeness (QED) is 0.170. The summed E-state index contributed by atoms with van der Waals surface area (Å²) in [5.74, 6) is -0.0805. The minimum atomic E-state index is -0.0588. The average molecular weight is 413 g/mol. The highest BCUT2D eigenvalue weighted by molar-refractivity contribution is 5.83.